The summed E-state index contributed by atoms with van der Waals surface area (Å²) in [7, 11) is -2.65. The van der Waals surface area contributed by atoms with Crippen LogP contribution in [0.25, 0.3) is 0 Å². The normalized spacial score (nSPS) is 16.9. The molecular weight excluding hydrogens is 689 g/mol. The van der Waals surface area contributed by atoms with E-state index >= 15 is 0 Å². The molecule has 1 saturated heterocycles. The van der Waals surface area contributed by atoms with Gasteiger partial charge in [0.05, 0.1) is 34.5 Å². The van der Waals surface area contributed by atoms with Crippen LogP contribution in [0.2, 0.25) is 10.0 Å². The predicted octanol–water partition coefficient (Wildman–Crippen LogP) is 6.95. The number of nitriles is 1. The topological polar surface area (TPSA) is 114 Å². The van der Waals surface area contributed by atoms with Crippen molar-refractivity contribution in [2.75, 3.05) is 45.8 Å². The molecule has 0 bridgehead atoms. The molecule has 1 aliphatic carbocycles. The highest BCUT2D eigenvalue weighted by Crippen LogP contribution is 2.38. The van der Waals surface area contributed by atoms with Crippen molar-refractivity contribution in [3.8, 4) is 11.8 Å². The minimum absolute atomic E-state index is 0.110. The number of likely N-dealkylation sites (tertiary alicyclic amines) is 1. The molecule has 0 N–H and O–H groups in total. The van der Waals surface area contributed by atoms with Gasteiger partial charge < -0.3 is 14.2 Å². The number of hydrogen-bond acceptors (Lipinski definition) is 7. The Morgan fingerprint density at radius 2 is 1.83 bits per heavy atom. The van der Waals surface area contributed by atoms with Gasteiger partial charge in [0, 0.05) is 18.0 Å². The molecule has 1 heterocycles. The quantitative estimate of drug-likeness (QED) is 0.196. The highest BCUT2D eigenvalue weighted by molar-refractivity contribution is 7.90. The summed E-state index contributed by atoms with van der Waals surface area (Å²) in [5, 5.41) is 10.6. The summed E-state index contributed by atoms with van der Waals surface area (Å²) >= 11 is 11.6. The first kappa shape index (κ1) is 36.5. The summed E-state index contributed by atoms with van der Waals surface area (Å²) in [6.07, 6.45) is 8.23. The van der Waals surface area contributed by atoms with E-state index in [4.69, 9.17) is 27.9 Å². The fourth-order valence-electron chi connectivity index (χ4n) is 7.12. The third kappa shape index (κ3) is 8.15. The molecule has 256 valence electrons. The number of piperidine rings is 1. The molecule has 5 rings (SSSR count). The van der Waals surface area contributed by atoms with Crippen LogP contribution in [0.5, 0.6) is 5.75 Å². The molecule has 0 spiro atoms. The zero-order valence-electron chi connectivity index (χ0n) is 27.5. The predicted molar refractivity (Wildman–Crippen MR) is 191 cm³/mol. The number of amides is 1. The standard InChI is InChI=1S/C36H41Cl2N3O5S2/c1-46-35-28(22-39)20-26-8-4-5-10-30(26)34(35)36(42)41(48(3,44)45)23-27(25-12-13-31(37)32(38)21-25)16-19-40-17-14-24(15-18-40)29-9-6-7-11-33(29)47(2)43/h6-7,9,11-13,20-21,24,27H,4-5,8,10,14-19,23H2,1-3H3/t27-,47+/m1/s1. The summed E-state index contributed by atoms with van der Waals surface area (Å²) in [6, 6.07) is 17.1. The molecule has 0 radical (unpaired) electrons. The number of halogens is 2. The molecule has 0 saturated carbocycles. The number of aryl methyl sites for hydroxylation is 1. The summed E-state index contributed by atoms with van der Waals surface area (Å²) < 4.78 is 45.7. The minimum Gasteiger partial charge on any atom is -0.612 e. The van der Waals surface area contributed by atoms with Gasteiger partial charge in [-0.15, -0.1) is 0 Å². The lowest BCUT2D eigenvalue weighted by Gasteiger charge is -2.34. The molecule has 3 aromatic rings. The molecule has 3 aromatic carbocycles. The number of sulfonamides is 1. The number of benzene rings is 3. The lowest BCUT2D eigenvalue weighted by Crippen LogP contribution is -2.41. The Kier molecular flexibility index (Phi) is 12.0. The van der Waals surface area contributed by atoms with Crippen LogP contribution in [0.4, 0.5) is 0 Å². The van der Waals surface area contributed by atoms with E-state index in [1.807, 2.05) is 24.3 Å². The van der Waals surface area contributed by atoms with Gasteiger partial charge in [-0.2, -0.15) is 5.26 Å². The number of nitrogens with zero attached hydrogens (tertiary/aromatic N) is 3. The Bertz CT molecular complexity index is 1800. The SMILES string of the molecule is COc1c(C#N)cc2c(c1C(=O)N(C[C@@H](CCN1CCC(c3ccccc3[S@+](C)[O-])CC1)c1ccc(Cl)c(Cl)c1)S(C)(=O)=O)CCCC2. The molecule has 48 heavy (non-hydrogen) atoms. The van der Waals surface area contributed by atoms with E-state index in [1.54, 1.807) is 24.5 Å². The second-order valence-electron chi connectivity index (χ2n) is 12.7. The van der Waals surface area contributed by atoms with Gasteiger partial charge >= 0.3 is 0 Å². The van der Waals surface area contributed by atoms with Gasteiger partial charge in [-0.25, -0.2) is 12.7 Å². The minimum atomic E-state index is -4.05. The third-order valence-corrected chi connectivity index (χ3v) is 12.5. The van der Waals surface area contributed by atoms with Crippen LogP contribution in [-0.4, -0.2) is 73.9 Å². The van der Waals surface area contributed by atoms with Crippen molar-refractivity contribution < 1.29 is 22.5 Å². The Hall–Kier alpha value is -2.78. The van der Waals surface area contributed by atoms with E-state index in [1.165, 1.54) is 7.11 Å². The molecule has 2 aliphatic rings. The second-order valence-corrected chi connectivity index (χ2v) is 16.7. The molecule has 2 atom stereocenters. The van der Waals surface area contributed by atoms with Gasteiger partial charge in [-0.05, 0) is 123 Å². The van der Waals surface area contributed by atoms with Gasteiger partial charge in [0.2, 0.25) is 10.0 Å². The molecule has 1 aliphatic heterocycles. The van der Waals surface area contributed by atoms with E-state index in [-0.39, 0.29) is 29.3 Å². The highest BCUT2D eigenvalue weighted by atomic mass is 35.5. The first-order valence-corrected chi connectivity index (χ1v) is 20.3. The Morgan fingerprint density at radius 1 is 1.12 bits per heavy atom. The van der Waals surface area contributed by atoms with E-state index in [9.17, 15) is 23.0 Å². The molecule has 0 unspecified atom stereocenters. The van der Waals surface area contributed by atoms with E-state index in [0.29, 0.717) is 41.8 Å². The number of hydrogen-bond donors (Lipinski definition) is 0. The molecule has 12 heteroatoms. The van der Waals surface area contributed by atoms with E-state index in [2.05, 4.69) is 17.0 Å². The Morgan fingerprint density at radius 3 is 2.48 bits per heavy atom. The zero-order chi connectivity index (χ0) is 34.6. The van der Waals surface area contributed by atoms with Gasteiger partial charge in [-0.3, -0.25) is 4.79 Å². The van der Waals surface area contributed by atoms with Crippen LogP contribution in [0.3, 0.4) is 0 Å². The highest BCUT2D eigenvalue weighted by Gasteiger charge is 2.35. The van der Waals surface area contributed by atoms with Crippen molar-refractivity contribution >= 4 is 50.3 Å². The molecular formula is C36H41Cl2N3O5S2. The largest absolute Gasteiger partial charge is 0.612 e. The van der Waals surface area contributed by atoms with Crippen molar-refractivity contribution in [3.63, 3.8) is 0 Å². The monoisotopic (exact) mass is 729 g/mol. The van der Waals surface area contributed by atoms with Crippen molar-refractivity contribution in [2.45, 2.75) is 61.7 Å². The van der Waals surface area contributed by atoms with Crippen molar-refractivity contribution in [2.24, 2.45) is 0 Å². The van der Waals surface area contributed by atoms with Crippen LogP contribution >= 0.6 is 23.2 Å². The maximum Gasteiger partial charge on any atom is 0.271 e. The van der Waals surface area contributed by atoms with Crippen LogP contribution in [0, 0.1) is 11.3 Å². The maximum absolute atomic E-state index is 14.4. The number of ether oxygens (including phenoxy) is 1. The number of methoxy groups -OCH3 is 1. The van der Waals surface area contributed by atoms with Gasteiger partial charge in [-0.1, -0.05) is 47.5 Å². The number of carbonyl (C=O) groups is 1. The lowest BCUT2D eigenvalue weighted by molar-refractivity contribution is 0.0848. The summed E-state index contributed by atoms with van der Waals surface area (Å²) in [5.74, 6) is -0.655. The molecule has 0 aromatic heterocycles. The molecule has 1 fully saturated rings. The fraction of sp³-hybridized carbons (Fsp3) is 0.444. The first-order valence-electron chi connectivity index (χ1n) is 16.2. The van der Waals surface area contributed by atoms with Crippen LogP contribution in [0.15, 0.2) is 53.4 Å². The molecule has 1 amide bonds. The number of rotatable bonds is 11. The first-order chi connectivity index (χ1) is 22.9. The van der Waals surface area contributed by atoms with Crippen molar-refractivity contribution in [1.82, 2.24) is 9.21 Å². The van der Waals surface area contributed by atoms with Crippen molar-refractivity contribution in [3.05, 3.63) is 92.0 Å². The third-order valence-electron chi connectivity index (χ3n) is 9.62. The number of fused-ring (bicyclic) bond motifs is 1. The second kappa shape index (κ2) is 15.8. The Balaban J connectivity index is 1.42. The summed E-state index contributed by atoms with van der Waals surface area (Å²) in [4.78, 5) is 17.7. The van der Waals surface area contributed by atoms with Crippen molar-refractivity contribution in [1.29, 1.82) is 5.26 Å². The van der Waals surface area contributed by atoms with Crippen LogP contribution < -0.4 is 4.74 Å². The average molecular weight is 731 g/mol. The van der Waals surface area contributed by atoms with E-state index < -0.39 is 27.1 Å². The zero-order valence-corrected chi connectivity index (χ0v) is 30.7. The van der Waals surface area contributed by atoms with E-state index in [0.717, 1.165) is 76.5 Å². The van der Waals surface area contributed by atoms with Crippen LogP contribution in [-0.2, 0) is 34.0 Å². The van der Waals surface area contributed by atoms with Gasteiger partial charge in [0.15, 0.2) is 4.90 Å². The van der Waals surface area contributed by atoms with Gasteiger partial charge in [0.25, 0.3) is 5.91 Å². The number of carbonyl (C=O) groups excluding carboxylic acids is 1. The molecule has 8 nitrogen and oxygen atoms in total. The summed E-state index contributed by atoms with van der Waals surface area (Å²) in [5.41, 5.74) is 3.92. The Labute approximate surface area is 297 Å². The summed E-state index contributed by atoms with van der Waals surface area (Å²) in [6.45, 7) is 2.23. The van der Waals surface area contributed by atoms with Gasteiger partial charge in [0.1, 0.15) is 18.1 Å². The average Bonchev–Trinajstić information content (AvgIpc) is 3.08. The lowest BCUT2D eigenvalue weighted by atomic mass is 9.85. The smallest absolute Gasteiger partial charge is 0.271 e. The fourth-order valence-corrected chi connectivity index (χ4v) is 9.10. The van der Waals surface area contributed by atoms with Crippen LogP contribution in [0.1, 0.15) is 82.1 Å². The maximum atomic E-state index is 14.4.